The highest BCUT2D eigenvalue weighted by Crippen LogP contribution is 2.15. The Bertz CT molecular complexity index is 422. The van der Waals surface area contributed by atoms with E-state index in [1.54, 1.807) is 12.4 Å². The molecule has 0 atom stereocenters. The van der Waals surface area contributed by atoms with Crippen molar-refractivity contribution in [3.63, 3.8) is 0 Å². The van der Waals surface area contributed by atoms with Crippen LogP contribution in [0.25, 0.3) is 0 Å². The molecule has 15 heavy (non-hydrogen) atoms. The summed E-state index contributed by atoms with van der Waals surface area (Å²) in [5.74, 6) is 0.598. The Morgan fingerprint density at radius 1 is 1.20 bits per heavy atom. The Kier molecular flexibility index (Phi) is 2.63. The normalized spacial score (nSPS) is 10.2. The van der Waals surface area contributed by atoms with Crippen molar-refractivity contribution in [3.05, 3.63) is 53.5 Å². The highest BCUT2D eigenvalue weighted by molar-refractivity contribution is 5.42. The smallest absolute Gasteiger partial charge is 0.126 e. The van der Waals surface area contributed by atoms with Crippen molar-refractivity contribution >= 4 is 5.82 Å². The molecule has 0 aromatic carbocycles. The van der Waals surface area contributed by atoms with Crippen LogP contribution in [0.3, 0.4) is 0 Å². The van der Waals surface area contributed by atoms with Gasteiger partial charge in [0.15, 0.2) is 0 Å². The van der Waals surface area contributed by atoms with Gasteiger partial charge in [-0.1, -0.05) is 6.07 Å². The molecule has 2 rings (SSSR count). The first-order chi connectivity index (χ1) is 7.27. The summed E-state index contributed by atoms with van der Waals surface area (Å²) in [4.78, 5) is 8.17. The molecule has 0 saturated heterocycles. The Labute approximate surface area is 89.0 Å². The van der Waals surface area contributed by atoms with Crippen molar-refractivity contribution in [2.24, 2.45) is 0 Å². The monoisotopic (exact) mass is 199 g/mol. The van der Waals surface area contributed by atoms with Crippen molar-refractivity contribution in [2.75, 3.05) is 5.73 Å². The van der Waals surface area contributed by atoms with Crippen LogP contribution in [0.1, 0.15) is 16.7 Å². The zero-order valence-corrected chi connectivity index (χ0v) is 8.64. The van der Waals surface area contributed by atoms with Crippen LogP contribution in [-0.2, 0) is 6.42 Å². The van der Waals surface area contributed by atoms with Gasteiger partial charge in [-0.05, 0) is 35.7 Å². The van der Waals surface area contributed by atoms with Crippen LogP contribution < -0.4 is 5.73 Å². The van der Waals surface area contributed by atoms with Crippen LogP contribution in [0, 0.1) is 6.92 Å². The molecule has 0 fully saturated rings. The second-order valence-corrected chi connectivity index (χ2v) is 3.53. The summed E-state index contributed by atoms with van der Waals surface area (Å²) in [5, 5.41) is 0. The molecule has 0 bridgehead atoms. The largest absolute Gasteiger partial charge is 0.383 e. The number of rotatable bonds is 2. The van der Waals surface area contributed by atoms with Crippen LogP contribution in [0.15, 0.2) is 36.8 Å². The minimum Gasteiger partial charge on any atom is -0.383 e. The van der Waals surface area contributed by atoms with E-state index in [9.17, 15) is 0 Å². The van der Waals surface area contributed by atoms with Gasteiger partial charge in [-0.15, -0.1) is 0 Å². The first-order valence-corrected chi connectivity index (χ1v) is 4.86. The lowest BCUT2D eigenvalue weighted by Crippen LogP contribution is -1.99. The maximum Gasteiger partial charge on any atom is 0.126 e. The average Bonchev–Trinajstić information content (AvgIpc) is 2.24. The summed E-state index contributed by atoms with van der Waals surface area (Å²) in [5.41, 5.74) is 9.26. The maximum atomic E-state index is 5.79. The molecule has 3 nitrogen and oxygen atoms in total. The van der Waals surface area contributed by atoms with Crippen LogP contribution in [0.2, 0.25) is 0 Å². The molecular weight excluding hydrogens is 186 g/mol. The van der Waals surface area contributed by atoms with Crippen LogP contribution in [-0.4, -0.2) is 9.97 Å². The standard InChI is InChI=1S/C12H13N3/c1-9-4-6-14-8-11(9)7-10-3-2-5-15-12(10)13/h2-6,8H,7H2,1H3,(H2,13,15). The molecule has 0 saturated carbocycles. The lowest BCUT2D eigenvalue weighted by Gasteiger charge is -2.06. The highest BCUT2D eigenvalue weighted by atomic mass is 14.8. The summed E-state index contributed by atoms with van der Waals surface area (Å²) in [6.07, 6.45) is 6.17. The van der Waals surface area contributed by atoms with Gasteiger partial charge in [0, 0.05) is 25.0 Å². The maximum absolute atomic E-state index is 5.79. The van der Waals surface area contributed by atoms with Gasteiger partial charge in [0.1, 0.15) is 5.82 Å². The summed E-state index contributed by atoms with van der Waals surface area (Å²) in [7, 11) is 0. The second-order valence-electron chi connectivity index (χ2n) is 3.53. The number of hydrogen-bond acceptors (Lipinski definition) is 3. The minimum absolute atomic E-state index is 0.598. The van der Waals surface area contributed by atoms with Gasteiger partial charge >= 0.3 is 0 Å². The Morgan fingerprint density at radius 3 is 2.80 bits per heavy atom. The zero-order valence-electron chi connectivity index (χ0n) is 8.64. The van der Waals surface area contributed by atoms with Crippen molar-refractivity contribution in [1.29, 1.82) is 0 Å². The molecule has 2 aromatic heterocycles. The van der Waals surface area contributed by atoms with E-state index in [0.717, 1.165) is 12.0 Å². The Balaban J connectivity index is 2.30. The Hall–Kier alpha value is -1.90. The number of nitrogens with zero attached hydrogens (tertiary/aromatic N) is 2. The van der Waals surface area contributed by atoms with E-state index in [2.05, 4.69) is 16.9 Å². The summed E-state index contributed by atoms with van der Waals surface area (Å²) in [6, 6.07) is 5.90. The van der Waals surface area contributed by atoms with Gasteiger partial charge in [0.2, 0.25) is 0 Å². The van der Waals surface area contributed by atoms with Gasteiger partial charge in [0.25, 0.3) is 0 Å². The van der Waals surface area contributed by atoms with E-state index in [1.165, 1.54) is 11.1 Å². The molecule has 0 aliphatic heterocycles. The number of nitrogens with two attached hydrogens (primary N) is 1. The number of anilines is 1. The van der Waals surface area contributed by atoms with Gasteiger partial charge in [-0.25, -0.2) is 4.98 Å². The fourth-order valence-corrected chi connectivity index (χ4v) is 1.49. The third-order valence-corrected chi connectivity index (χ3v) is 2.45. The van der Waals surface area contributed by atoms with Gasteiger partial charge in [0.05, 0.1) is 0 Å². The second kappa shape index (κ2) is 4.09. The molecule has 2 aromatic rings. The van der Waals surface area contributed by atoms with Gasteiger partial charge < -0.3 is 5.73 Å². The van der Waals surface area contributed by atoms with E-state index < -0.39 is 0 Å². The number of aryl methyl sites for hydroxylation is 1. The minimum atomic E-state index is 0.598. The third-order valence-electron chi connectivity index (χ3n) is 2.45. The van der Waals surface area contributed by atoms with E-state index >= 15 is 0 Å². The van der Waals surface area contributed by atoms with Gasteiger partial charge in [-0.2, -0.15) is 0 Å². The van der Waals surface area contributed by atoms with E-state index in [1.807, 2.05) is 24.4 Å². The predicted molar refractivity (Wildman–Crippen MR) is 60.4 cm³/mol. The van der Waals surface area contributed by atoms with E-state index in [4.69, 9.17) is 5.73 Å². The quantitative estimate of drug-likeness (QED) is 0.804. The first-order valence-electron chi connectivity index (χ1n) is 4.86. The van der Waals surface area contributed by atoms with E-state index in [-0.39, 0.29) is 0 Å². The molecule has 0 amide bonds. The fourth-order valence-electron chi connectivity index (χ4n) is 1.49. The molecule has 3 heteroatoms. The molecule has 0 radical (unpaired) electrons. The first kappa shape index (κ1) is 9.65. The molecule has 0 aliphatic rings. The third kappa shape index (κ3) is 2.13. The SMILES string of the molecule is Cc1ccncc1Cc1cccnc1N. The lowest BCUT2D eigenvalue weighted by molar-refractivity contribution is 1.10. The topological polar surface area (TPSA) is 51.8 Å². The molecular formula is C12H13N3. The average molecular weight is 199 g/mol. The summed E-state index contributed by atoms with van der Waals surface area (Å²) >= 11 is 0. The van der Waals surface area contributed by atoms with Crippen molar-refractivity contribution < 1.29 is 0 Å². The van der Waals surface area contributed by atoms with Crippen LogP contribution in [0.5, 0.6) is 0 Å². The molecule has 0 aliphatic carbocycles. The molecule has 2 heterocycles. The predicted octanol–water partition coefficient (Wildman–Crippen LogP) is 1.96. The number of pyridine rings is 2. The Morgan fingerprint density at radius 2 is 2.07 bits per heavy atom. The zero-order chi connectivity index (χ0) is 10.7. The van der Waals surface area contributed by atoms with Crippen molar-refractivity contribution in [2.45, 2.75) is 13.3 Å². The van der Waals surface area contributed by atoms with Crippen molar-refractivity contribution in [1.82, 2.24) is 9.97 Å². The number of aromatic nitrogens is 2. The van der Waals surface area contributed by atoms with E-state index in [0.29, 0.717) is 5.82 Å². The molecule has 0 spiro atoms. The van der Waals surface area contributed by atoms with Crippen LogP contribution >= 0.6 is 0 Å². The molecule has 76 valence electrons. The summed E-state index contributed by atoms with van der Waals surface area (Å²) in [6.45, 7) is 2.07. The van der Waals surface area contributed by atoms with Crippen LogP contribution in [0.4, 0.5) is 5.82 Å². The number of nitrogen functional groups attached to an aromatic ring is 1. The summed E-state index contributed by atoms with van der Waals surface area (Å²) < 4.78 is 0. The van der Waals surface area contributed by atoms with Gasteiger partial charge in [-0.3, -0.25) is 4.98 Å². The molecule has 2 N–H and O–H groups in total. The van der Waals surface area contributed by atoms with Crippen molar-refractivity contribution in [3.8, 4) is 0 Å². The molecule has 0 unspecified atom stereocenters. The fraction of sp³-hybridized carbons (Fsp3) is 0.167. The number of hydrogen-bond donors (Lipinski definition) is 1. The highest BCUT2D eigenvalue weighted by Gasteiger charge is 2.03. The lowest BCUT2D eigenvalue weighted by atomic mass is 10.0.